The molecule has 0 saturated carbocycles. The first-order valence-electron chi connectivity index (χ1n) is 7.28. The Morgan fingerprint density at radius 3 is 2.21 bits per heavy atom. The number of carbonyl (C=O) groups excluding carboxylic acids is 1. The van der Waals surface area contributed by atoms with Gasteiger partial charge in [-0.25, -0.2) is 18.1 Å². The number of rotatable bonds is 2. The predicted molar refractivity (Wildman–Crippen MR) is 92.9 cm³/mol. The fourth-order valence-corrected chi connectivity index (χ4v) is 3.13. The van der Waals surface area contributed by atoms with Gasteiger partial charge in [-0.15, -0.1) is 0 Å². The van der Waals surface area contributed by atoms with Crippen molar-refractivity contribution in [3.05, 3.63) is 60.4 Å². The average Bonchev–Trinajstić information content (AvgIpc) is 2.83. The van der Waals surface area contributed by atoms with Crippen LogP contribution < -0.4 is 4.72 Å². The molecule has 3 aromatic rings. The van der Waals surface area contributed by atoms with Gasteiger partial charge in [0.2, 0.25) is 5.91 Å². The molecule has 3 rings (SSSR count). The van der Waals surface area contributed by atoms with Crippen LogP contribution in [0.1, 0.15) is 12.7 Å². The van der Waals surface area contributed by atoms with Gasteiger partial charge < -0.3 is 4.57 Å². The summed E-state index contributed by atoms with van der Waals surface area (Å²) in [5.41, 5.74) is 2.28. The van der Waals surface area contributed by atoms with Crippen molar-refractivity contribution < 1.29 is 13.2 Å². The Labute approximate surface area is 141 Å². The van der Waals surface area contributed by atoms with Crippen molar-refractivity contribution in [2.24, 2.45) is 7.05 Å². The highest BCUT2D eigenvalue weighted by Gasteiger charge is 2.13. The number of nitrogens with one attached hydrogen (secondary N) is 1. The third-order valence-corrected chi connectivity index (χ3v) is 4.79. The molecule has 24 heavy (non-hydrogen) atoms. The van der Waals surface area contributed by atoms with Crippen LogP contribution in [0.15, 0.2) is 59.5 Å². The lowest BCUT2D eigenvalue weighted by Gasteiger charge is -2.02. The van der Waals surface area contributed by atoms with Crippen molar-refractivity contribution in [2.45, 2.75) is 18.7 Å². The molecule has 0 spiro atoms. The Bertz CT molecular complexity index is 948. The molecule has 0 bridgehead atoms. The molecule has 0 fully saturated rings. The number of hydrogen-bond donors (Lipinski definition) is 1. The summed E-state index contributed by atoms with van der Waals surface area (Å²) in [6, 6.07) is 15.9. The molecule has 0 aliphatic carbocycles. The van der Waals surface area contributed by atoms with Gasteiger partial charge in [-0.05, 0) is 31.2 Å². The Balaban J connectivity index is 0.000000175. The van der Waals surface area contributed by atoms with Crippen LogP contribution in [0.4, 0.5) is 0 Å². The highest BCUT2D eigenvalue weighted by atomic mass is 32.2. The maximum Gasteiger partial charge on any atom is 0.264 e. The van der Waals surface area contributed by atoms with Gasteiger partial charge in [-0.3, -0.25) is 4.79 Å². The minimum Gasteiger partial charge on any atom is -0.331 e. The smallest absolute Gasteiger partial charge is 0.264 e. The molecule has 0 saturated heterocycles. The minimum absolute atomic E-state index is 0.0881. The molecule has 0 radical (unpaired) electrons. The second-order valence-electron chi connectivity index (χ2n) is 5.18. The fourth-order valence-electron chi connectivity index (χ4n) is 2.11. The van der Waals surface area contributed by atoms with Gasteiger partial charge in [0.1, 0.15) is 5.82 Å². The maximum absolute atomic E-state index is 11.3. The molecule has 1 heterocycles. The van der Waals surface area contributed by atoms with Crippen molar-refractivity contribution in [3.8, 4) is 0 Å². The van der Waals surface area contributed by atoms with E-state index in [-0.39, 0.29) is 4.90 Å². The minimum atomic E-state index is -3.66. The highest BCUT2D eigenvalue weighted by molar-refractivity contribution is 7.90. The lowest BCUT2D eigenvalue weighted by Crippen LogP contribution is -2.27. The summed E-state index contributed by atoms with van der Waals surface area (Å²) in [7, 11) is -1.63. The lowest BCUT2D eigenvalue weighted by atomic mass is 10.3. The van der Waals surface area contributed by atoms with E-state index >= 15 is 0 Å². The number of hydrogen-bond acceptors (Lipinski definition) is 4. The van der Waals surface area contributed by atoms with Crippen LogP contribution in [-0.2, 0) is 21.9 Å². The van der Waals surface area contributed by atoms with E-state index < -0.39 is 15.9 Å². The van der Waals surface area contributed by atoms with E-state index in [0.717, 1.165) is 18.3 Å². The van der Waals surface area contributed by atoms with Gasteiger partial charge in [0.05, 0.1) is 15.9 Å². The summed E-state index contributed by atoms with van der Waals surface area (Å²) in [6.07, 6.45) is 0. The molecule has 0 unspecified atom stereocenters. The number of sulfonamides is 1. The Morgan fingerprint density at radius 1 is 1.04 bits per heavy atom. The topological polar surface area (TPSA) is 81.1 Å². The molecule has 1 N–H and O–H groups in total. The number of benzene rings is 2. The van der Waals surface area contributed by atoms with E-state index in [4.69, 9.17) is 0 Å². The number of aryl methyl sites for hydroxylation is 2. The molecule has 6 nitrogen and oxygen atoms in total. The summed E-state index contributed by atoms with van der Waals surface area (Å²) in [5.74, 6) is 0.468. The first-order valence-corrected chi connectivity index (χ1v) is 8.76. The number of para-hydroxylation sites is 2. The number of fused-ring (bicyclic) bond motifs is 1. The number of amides is 1. The monoisotopic (exact) mass is 345 g/mol. The van der Waals surface area contributed by atoms with Gasteiger partial charge in [-0.2, -0.15) is 0 Å². The maximum atomic E-state index is 11.3. The van der Waals surface area contributed by atoms with Crippen molar-refractivity contribution in [3.63, 3.8) is 0 Å². The van der Waals surface area contributed by atoms with Crippen LogP contribution in [0, 0.1) is 6.92 Å². The molecule has 0 aliphatic rings. The third kappa shape index (κ3) is 4.20. The quantitative estimate of drug-likeness (QED) is 0.773. The van der Waals surface area contributed by atoms with Crippen LogP contribution in [0.25, 0.3) is 11.0 Å². The summed E-state index contributed by atoms with van der Waals surface area (Å²) in [5, 5.41) is 0. The zero-order valence-electron chi connectivity index (χ0n) is 13.7. The first-order chi connectivity index (χ1) is 11.3. The molecule has 7 heteroatoms. The average molecular weight is 345 g/mol. The van der Waals surface area contributed by atoms with Gasteiger partial charge in [0.15, 0.2) is 0 Å². The first kappa shape index (κ1) is 17.7. The standard InChI is InChI=1S/C9H10N2.C8H9NO3S/c1-7-10-8-5-3-4-6-9(8)11(7)2;1-7(10)9-13(11,12)8-5-3-2-4-6-8/h3-6H,1-2H3;2-6H,1H3,(H,9,10). The Morgan fingerprint density at radius 2 is 1.62 bits per heavy atom. The summed E-state index contributed by atoms with van der Waals surface area (Å²) < 4.78 is 26.6. The predicted octanol–water partition coefficient (Wildman–Crippen LogP) is 2.39. The summed E-state index contributed by atoms with van der Waals surface area (Å²) in [4.78, 5) is 15.0. The van der Waals surface area contributed by atoms with Crippen LogP contribution in [-0.4, -0.2) is 23.9 Å². The molecule has 2 aromatic carbocycles. The van der Waals surface area contributed by atoms with E-state index in [2.05, 4.69) is 15.6 Å². The number of aromatic nitrogens is 2. The molecular weight excluding hydrogens is 326 g/mol. The van der Waals surface area contributed by atoms with Crippen molar-refractivity contribution in [1.29, 1.82) is 0 Å². The van der Waals surface area contributed by atoms with Crippen LogP contribution in [0.3, 0.4) is 0 Å². The van der Waals surface area contributed by atoms with Crippen LogP contribution >= 0.6 is 0 Å². The van der Waals surface area contributed by atoms with Crippen molar-refractivity contribution in [1.82, 2.24) is 14.3 Å². The zero-order chi connectivity index (χ0) is 17.7. The number of carbonyl (C=O) groups is 1. The van der Waals surface area contributed by atoms with E-state index in [0.29, 0.717) is 0 Å². The van der Waals surface area contributed by atoms with E-state index in [1.165, 1.54) is 17.6 Å². The largest absolute Gasteiger partial charge is 0.331 e. The molecule has 1 aromatic heterocycles. The van der Waals surface area contributed by atoms with Crippen LogP contribution in [0.5, 0.6) is 0 Å². The fraction of sp³-hybridized carbons (Fsp3) is 0.176. The van der Waals surface area contributed by atoms with Gasteiger partial charge in [0, 0.05) is 14.0 Å². The highest BCUT2D eigenvalue weighted by Crippen LogP contribution is 2.12. The normalized spacial score (nSPS) is 10.8. The number of imidazole rings is 1. The van der Waals surface area contributed by atoms with E-state index in [9.17, 15) is 13.2 Å². The molecule has 126 valence electrons. The molecule has 0 atom stereocenters. The van der Waals surface area contributed by atoms with Crippen molar-refractivity contribution >= 4 is 27.0 Å². The summed E-state index contributed by atoms with van der Waals surface area (Å²) >= 11 is 0. The van der Waals surface area contributed by atoms with E-state index in [1.807, 2.05) is 36.9 Å². The van der Waals surface area contributed by atoms with Gasteiger partial charge in [0.25, 0.3) is 10.0 Å². The molecule has 0 aliphatic heterocycles. The van der Waals surface area contributed by atoms with Gasteiger partial charge >= 0.3 is 0 Å². The number of nitrogens with zero attached hydrogens (tertiary/aromatic N) is 2. The Kier molecular flexibility index (Phi) is 5.35. The second-order valence-corrected chi connectivity index (χ2v) is 6.86. The van der Waals surface area contributed by atoms with Gasteiger partial charge in [-0.1, -0.05) is 30.3 Å². The van der Waals surface area contributed by atoms with E-state index in [1.54, 1.807) is 18.2 Å². The second kappa shape index (κ2) is 7.27. The van der Waals surface area contributed by atoms with Crippen molar-refractivity contribution in [2.75, 3.05) is 0 Å². The SMILES string of the molecule is CC(=O)NS(=O)(=O)c1ccccc1.Cc1nc2ccccc2n1C. The third-order valence-electron chi connectivity index (χ3n) is 3.34. The Hall–Kier alpha value is -2.67. The zero-order valence-corrected chi connectivity index (χ0v) is 14.5. The molecular formula is C17H19N3O3S. The van der Waals surface area contributed by atoms with Crippen LogP contribution in [0.2, 0.25) is 0 Å². The molecule has 1 amide bonds. The lowest BCUT2D eigenvalue weighted by molar-refractivity contribution is -0.117. The summed E-state index contributed by atoms with van der Waals surface area (Å²) in [6.45, 7) is 3.17.